The van der Waals surface area contributed by atoms with Gasteiger partial charge in [-0.1, -0.05) is 24.3 Å². The molecule has 0 spiro atoms. The predicted octanol–water partition coefficient (Wildman–Crippen LogP) is 4.43. The molecule has 2 heterocycles. The highest BCUT2D eigenvalue weighted by molar-refractivity contribution is 6.05. The van der Waals surface area contributed by atoms with Crippen LogP contribution in [0.3, 0.4) is 0 Å². The molecular weight excluding hydrogens is 368 g/mol. The van der Waals surface area contributed by atoms with E-state index in [9.17, 15) is 4.79 Å². The Morgan fingerprint density at radius 3 is 2.69 bits per heavy atom. The van der Waals surface area contributed by atoms with Crippen LogP contribution in [0.25, 0.3) is 27.7 Å². The Balaban J connectivity index is 1.42. The molecule has 0 unspecified atom stereocenters. The Kier molecular flexibility index (Phi) is 3.98. The van der Waals surface area contributed by atoms with Gasteiger partial charge in [-0.05, 0) is 42.5 Å². The number of ether oxygens (including phenoxy) is 1. The second-order valence-corrected chi connectivity index (χ2v) is 6.50. The number of nitrogens with zero attached hydrogens (tertiary/aromatic N) is 3. The lowest BCUT2D eigenvalue weighted by Crippen LogP contribution is -2.10. The molecule has 1 amide bonds. The molecule has 29 heavy (non-hydrogen) atoms. The average molecular weight is 384 g/mol. The molecule has 5 rings (SSSR count). The van der Waals surface area contributed by atoms with Crippen molar-refractivity contribution in [1.29, 1.82) is 0 Å². The molecule has 0 aliphatic heterocycles. The zero-order chi connectivity index (χ0) is 19.8. The first kappa shape index (κ1) is 17.0. The first-order valence-electron chi connectivity index (χ1n) is 9.01. The normalized spacial score (nSPS) is 11.1. The largest absolute Gasteiger partial charge is 0.497 e. The maximum Gasteiger partial charge on any atom is 0.291 e. The zero-order valence-electron chi connectivity index (χ0n) is 15.5. The van der Waals surface area contributed by atoms with E-state index in [-0.39, 0.29) is 11.7 Å². The van der Waals surface area contributed by atoms with Crippen molar-refractivity contribution >= 4 is 33.6 Å². The van der Waals surface area contributed by atoms with Gasteiger partial charge in [-0.15, -0.1) is 10.2 Å². The summed E-state index contributed by atoms with van der Waals surface area (Å²) in [4.78, 5) is 14.1. The van der Waals surface area contributed by atoms with Crippen molar-refractivity contribution in [2.45, 2.75) is 0 Å². The lowest BCUT2D eigenvalue weighted by atomic mass is 10.2. The molecule has 1 N–H and O–H groups in total. The SMILES string of the molecule is COc1cccc(-n2nc3ccc(NC(=O)c4cc5ccccc5o4)cc3n2)c1. The number of carbonyl (C=O) groups excluding carboxylic acids is 1. The van der Waals surface area contributed by atoms with Gasteiger partial charge >= 0.3 is 0 Å². The number of furan rings is 1. The molecule has 7 heteroatoms. The van der Waals surface area contributed by atoms with E-state index in [2.05, 4.69) is 15.5 Å². The van der Waals surface area contributed by atoms with E-state index in [4.69, 9.17) is 9.15 Å². The highest BCUT2D eigenvalue weighted by atomic mass is 16.5. The predicted molar refractivity (Wildman–Crippen MR) is 110 cm³/mol. The van der Waals surface area contributed by atoms with Gasteiger partial charge in [0.25, 0.3) is 5.91 Å². The highest BCUT2D eigenvalue weighted by Gasteiger charge is 2.13. The van der Waals surface area contributed by atoms with Crippen LogP contribution in [0.2, 0.25) is 0 Å². The van der Waals surface area contributed by atoms with Crippen LogP contribution in [0, 0.1) is 0 Å². The second-order valence-electron chi connectivity index (χ2n) is 6.50. The summed E-state index contributed by atoms with van der Waals surface area (Å²) in [6.07, 6.45) is 0. The number of hydrogen-bond acceptors (Lipinski definition) is 5. The summed E-state index contributed by atoms with van der Waals surface area (Å²) in [7, 11) is 1.61. The number of fused-ring (bicyclic) bond motifs is 2. The van der Waals surface area contributed by atoms with Gasteiger partial charge in [-0.25, -0.2) is 0 Å². The van der Waals surface area contributed by atoms with Gasteiger partial charge in [-0.3, -0.25) is 4.79 Å². The third kappa shape index (κ3) is 3.19. The van der Waals surface area contributed by atoms with Crippen LogP contribution >= 0.6 is 0 Å². The minimum Gasteiger partial charge on any atom is -0.497 e. The quantitative estimate of drug-likeness (QED) is 0.496. The van der Waals surface area contributed by atoms with Gasteiger partial charge in [0.15, 0.2) is 5.76 Å². The molecule has 2 aromatic heterocycles. The van der Waals surface area contributed by atoms with E-state index in [1.807, 2.05) is 54.6 Å². The van der Waals surface area contributed by atoms with Gasteiger partial charge < -0.3 is 14.5 Å². The fourth-order valence-electron chi connectivity index (χ4n) is 3.13. The number of rotatable bonds is 4. The smallest absolute Gasteiger partial charge is 0.291 e. The molecule has 3 aromatic carbocycles. The Bertz CT molecular complexity index is 1320. The van der Waals surface area contributed by atoms with Gasteiger partial charge in [-0.2, -0.15) is 4.80 Å². The number of hydrogen-bond donors (Lipinski definition) is 1. The highest BCUT2D eigenvalue weighted by Crippen LogP contribution is 2.22. The molecular formula is C22H16N4O3. The van der Waals surface area contributed by atoms with Crippen molar-refractivity contribution < 1.29 is 13.9 Å². The fourth-order valence-corrected chi connectivity index (χ4v) is 3.13. The van der Waals surface area contributed by atoms with E-state index in [0.29, 0.717) is 16.8 Å². The van der Waals surface area contributed by atoms with Crippen molar-refractivity contribution in [1.82, 2.24) is 15.0 Å². The van der Waals surface area contributed by atoms with Crippen molar-refractivity contribution in [2.24, 2.45) is 0 Å². The van der Waals surface area contributed by atoms with Crippen LogP contribution in [0.1, 0.15) is 10.6 Å². The maximum atomic E-state index is 12.6. The Morgan fingerprint density at radius 1 is 0.966 bits per heavy atom. The van der Waals surface area contributed by atoms with E-state index < -0.39 is 0 Å². The molecule has 142 valence electrons. The van der Waals surface area contributed by atoms with E-state index in [1.165, 1.54) is 4.80 Å². The van der Waals surface area contributed by atoms with Gasteiger partial charge in [0, 0.05) is 17.1 Å². The molecule has 0 aliphatic rings. The van der Waals surface area contributed by atoms with Crippen LogP contribution in [0.5, 0.6) is 5.75 Å². The molecule has 0 radical (unpaired) electrons. The maximum absolute atomic E-state index is 12.6. The van der Waals surface area contributed by atoms with Crippen molar-refractivity contribution in [2.75, 3.05) is 12.4 Å². The number of benzene rings is 3. The van der Waals surface area contributed by atoms with Crippen LogP contribution < -0.4 is 10.1 Å². The van der Waals surface area contributed by atoms with Crippen LogP contribution in [0.4, 0.5) is 5.69 Å². The van der Waals surface area contributed by atoms with Crippen LogP contribution in [0.15, 0.2) is 77.2 Å². The Labute approximate surface area is 165 Å². The van der Waals surface area contributed by atoms with Crippen LogP contribution in [-0.4, -0.2) is 28.0 Å². The molecule has 0 saturated heterocycles. The monoisotopic (exact) mass is 384 g/mol. The number of carbonyl (C=O) groups is 1. The first-order valence-corrected chi connectivity index (χ1v) is 9.01. The summed E-state index contributed by atoms with van der Waals surface area (Å²) in [6, 6.07) is 22.1. The van der Waals surface area contributed by atoms with E-state index in [1.54, 1.807) is 25.3 Å². The number of methoxy groups -OCH3 is 1. The van der Waals surface area contributed by atoms with Crippen molar-refractivity contribution in [3.8, 4) is 11.4 Å². The number of aromatic nitrogens is 3. The average Bonchev–Trinajstić information content (AvgIpc) is 3.37. The standard InChI is InChI=1S/C22H16N4O3/c1-28-17-7-4-6-16(13-17)26-24-18-10-9-15(12-19(18)25-26)23-22(27)21-11-14-5-2-3-8-20(14)29-21/h2-13H,1H3,(H,23,27). The molecule has 0 fully saturated rings. The molecule has 5 aromatic rings. The molecule has 0 bridgehead atoms. The Hall–Kier alpha value is -4.13. The van der Waals surface area contributed by atoms with Crippen LogP contribution in [-0.2, 0) is 0 Å². The topological polar surface area (TPSA) is 82.2 Å². The number of nitrogens with one attached hydrogen (secondary N) is 1. The molecule has 0 atom stereocenters. The lowest BCUT2D eigenvalue weighted by Gasteiger charge is -2.02. The summed E-state index contributed by atoms with van der Waals surface area (Å²) in [6.45, 7) is 0. The first-order chi connectivity index (χ1) is 14.2. The molecule has 7 nitrogen and oxygen atoms in total. The van der Waals surface area contributed by atoms with Gasteiger partial charge in [0.2, 0.25) is 0 Å². The van der Waals surface area contributed by atoms with E-state index in [0.717, 1.165) is 22.3 Å². The van der Waals surface area contributed by atoms with Crippen molar-refractivity contribution in [3.05, 3.63) is 78.6 Å². The summed E-state index contributed by atoms with van der Waals surface area (Å²) < 4.78 is 10.9. The minimum atomic E-state index is -0.319. The number of para-hydroxylation sites is 1. The Morgan fingerprint density at radius 2 is 1.83 bits per heavy atom. The minimum absolute atomic E-state index is 0.256. The number of anilines is 1. The second kappa shape index (κ2) is 6.79. The van der Waals surface area contributed by atoms with Gasteiger partial charge in [0.1, 0.15) is 22.4 Å². The summed E-state index contributed by atoms with van der Waals surface area (Å²) in [5, 5.41) is 12.7. The zero-order valence-corrected chi connectivity index (χ0v) is 15.5. The summed E-state index contributed by atoms with van der Waals surface area (Å²) in [5.74, 6) is 0.662. The third-order valence-electron chi connectivity index (χ3n) is 4.57. The lowest BCUT2D eigenvalue weighted by molar-refractivity contribution is 0.0998. The molecule has 0 saturated carbocycles. The third-order valence-corrected chi connectivity index (χ3v) is 4.57. The van der Waals surface area contributed by atoms with Crippen molar-refractivity contribution in [3.63, 3.8) is 0 Å². The van der Waals surface area contributed by atoms with E-state index >= 15 is 0 Å². The fraction of sp³-hybridized carbons (Fsp3) is 0.0455. The summed E-state index contributed by atoms with van der Waals surface area (Å²) >= 11 is 0. The van der Waals surface area contributed by atoms with Gasteiger partial charge in [0.05, 0.1) is 12.8 Å². The summed E-state index contributed by atoms with van der Waals surface area (Å²) in [5.41, 5.74) is 3.45. The number of amides is 1. The molecule has 0 aliphatic carbocycles.